The molecule has 2 rings (SSSR count). The predicted molar refractivity (Wildman–Crippen MR) is 86.8 cm³/mol. The summed E-state index contributed by atoms with van der Waals surface area (Å²) in [7, 11) is 0. The van der Waals surface area contributed by atoms with Crippen molar-refractivity contribution < 1.29 is 4.74 Å². The molecule has 3 nitrogen and oxygen atoms in total. The Labute approximate surface area is 130 Å². The van der Waals surface area contributed by atoms with E-state index in [0.29, 0.717) is 18.7 Å². The van der Waals surface area contributed by atoms with Crippen LogP contribution in [0.1, 0.15) is 37.8 Å². The minimum Gasteiger partial charge on any atom is -0.377 e. The first-order valence-corrected chi connectivity index (χ1v) is 8.35. The highest BCUT2D eigenvalue weighted by molar-refractivity contribution is 9.10. The first-order chi connectivity index (χ1) is 9.74. The molecule has 0 spiro atoms. The number of halogens is 1. The third-order valence-electron chi connectivity index (χ3n) is 3.86. The largest absolute Gasteiger partial charge is 0.377 e. The molecule has 1 aliphatic rings. The van der Waals surface area contributed by atoms with E-state index in [1.165, 1.54) is 18.4 Å². The summed E-state index contributed by atoms with van der Waals surface area (Å²) in [6, 6.07) is 8.77. The molecule has 1 fully saturated rings. The van der Waals surface area contributed by atoms with Crippen LogP contribution in [-0.2, 0) is 4.74 Å². The highest BCUT2D eigenvalue weighted by Gasteiger charge is 2.26. The second-order valence-corrected chi connectivity index (χ2v) is 6.35. The minimum absolute atomic E-state index is 0.292. The van der Waals surface area contributed by atoms with Gasteiger partial charge in [0.25, 0.3) is 0 Å². The van der Waals surface area contributed by atoms with Crippen LogP contribution in [0, 0.1) is 0 Å². The average Bonchev–Trinajstić information content (AvgIpc) is 2.46. The minimum atomic E-state index is 0.292. The van der Waals surface area contributed by atoms with Gasteiger partial charge < -0.3 is 10.5 Å². The molecule has 0 saturated carbocycles. The number of ether oxygens (including phenoxy) is 1. The summed E-state index contributed by atoms with van der Waals surface area (Å²) in [5, 5.41) is 0. The van der Waals surface area contributed by atoms with Gasteiger partial charge in [-0.2, -0.15) is 0 Å². The number of rotatable bonds is 6. The third-order valence-corrected chi connectivity index (χ3v) is 4.36. The topological polar surface area (TPSA) is 38.5 Å². The van der Waals surface area contributed by atoms with E-state index in [0.717, 1.165) is 30.6 Å². The molecular formula is C16H25BrN2O. The third kappa shape index (κ3) is 4.29. The fourth-order valence-corrected chi connectivity index (χ4v) is 3.30. The van der Waals surface area contributed by atoms with Gasteiger partial charge in [0.2, 0.25) is 0 Å². The van der Waals surface area contributed by atoms with Gasteiger partial charge in [0, 0.05) is 30.2 Å². The molecule has 4 heteroatoms. The Kier molecular flexibility index (Phi) is 6.49. The Bertz CT molecular complexity index is 413. The molecular weight excluding hydrogens is 316 g/mol. The van der Waals surface area contributed by atoms with Crippen molar-refractivity contribution in [3.05, 3.63) is 34.3 Å². The smallest absolute Gasteiger partial charge is 0.0702 e. The standard InChI is InChI=1S/C16H25BrN2O/c1-2-9-20-15-7-4-8-19(12-15)16(11-18)13-5-3-6-14(17)10-13/h3,5-6,10,15-16H,2,4,7-9,11-12,18H2,1H3. The van der Waals surface area contributed by atoms with Gasteiger partial charge in [0.05, 0.1) is 6.10 Å². The van der Waals surface area contributed by atoms with Crippen molar-refractivity contribution in [1.29, 1.82) is 0 Å². The zero-order valence-electron chi connectivity index (χ0n) is 12.2. The van der Waals surface area contributed by atoms with Gasteiger partial charge in [-0.1, -0.05) is 35.0 Å². The van der Waals surface area contributed by atoms with Crippen LogP contribution in [0.4, 0.5) is 0 Å². The molecule has 0 aliphatic carbocycles. The number of piperidine rings is 1. The van der Waals surface area contributed by atoms with Gasteiger partial charge in [-0.05, 0) is 43.5 Å². The highest BCUT2D eigenvalue weighted by atomic mass is 79.9. The summed E-state index contributed by atoms with van der Waals surface area (Å²) in [5.41, 5.74) is 7.32. The SMILES string of the molecule is CCCOC1CCCN(C(CN)c2cccc(Br)c2)C1. The lowest BCUT2D eigenvalue weighted by Crippen LogP contribution is -2.44. The zero-order chi connectivity index (χ0) is 14.4. The molecule has 1 aromatic carbocycles. The number of hydrogen-bond acceptors (Lipinski definition) is 3. The first-order valence-electron chi connectivity index (χ1n) is 7.55. The number of likely N-dealkylation sites (tertiary alicyclic amines) is 1. The van der Waals surface area contributed by atoms with E-state index < -0.39 is 0 Å². The maximum absolute atomic E-state index is 6.03. The number of hydrogen-bond donors (Lipinski definition) is 1. The summed E-state index contributed by atoms with van der Waals surface area (Å²) >= 11 is 3.55. The fourth-order valence-electron chi connectivity index (χ4n) is 2.88. The second-order valence-electron chi connectivity index (χ2n) is 5.44. The molecule has 2 atom stereocenters. The van der Waals surface area contributed by atoms with E-state index in [2.05, 4.69) is 52.0 Å². The second kappa shape index (κ2) is 8.13. The van der Waals surface area contributed by atoms with E-state index >= 15 is 0 Å². The molecule has 112 valence electrons. The van der Waals surface area contributed by atoms with Gasteiger partial charge in [-0.15, -0.1) is 0 Å². The molecule has 0 aromatic heterocycles. The molecule has 20 heavy (non-hydrogen) atoms. The van der Waals surface area contributed by atoms with Crippen molar-refractivity contribution in [2.24, 2.45) is 5.73 Å². The van der Waals surface area contributed by atoms with Crippen LogP contribution in [0.15, 0.2) is 28.7 Å². The highest BCUT2D eigenvalue weighted by Crippen LogP contribution is 2.26. The predicted octanol–water partition coefficient (Wildman–Crippen LogP) is 3.34. The molecule has 1 aliphatic heterocycles. The number of benzene rings is 1. The van der Waals surface area contributed by atoms with E-state index in [-0.39, 0.29) is 0 Å². The molecule has 1 aromatic rings. The molecule has 2 unspecified atom stereocenters. The van der Waals surface area contributed by atoms with Crippen LogP contribution in [0.3, 0.4) is 0 Å². The van der Waals surface area contributed by atoms with Crippen molar-refractivity contribution in [2.45, 2.75) is 38.3 Å². The Morgan fingerprint density at radius 2 is 2.35 bits per heavy atom. The molecule has 0 radical (unpaired) electrons. The average molecular weight is 341 g/mol. The Hall–Kier alpha value is -0.420. The summed E-state index contributed by atoms with van der Waals surface area (Å²) in [6.45, 7) is 5.78. The van der Waals surface area contributed by atoms with Crippen molar-refractivity contribution in [3.63, 3.8) is 0 Å². The molecule has 2 N–H and O–H groups in total. The quantitative estimate of drug-likeness (QED) is 0.862. The van der Waals surface area contributed by atoms with Crippen LogP contribution in [0.5, 0.6) is 0 Å². The van der Waals surface area contributed by atoms with Crippen molar-refractivity contribution in [2.75, 3.05) is 26.2 Å². The van der Waals surface area contributed by atoms with Crippen LogP contribution in [-0.4, -0.2) is 37.2 Å². The monoisotopic (exact) mass is 340 g/mol. The van der Waals surface area contributed by atoms with Crippen LogP contribution in [0.25, 0.3) is 0 Å². The van der Waals surface area contributed by atoms with Crippen LogP contribution in [0.2, 0.25) is 0 Å². The molecule has 0 bridgehead atoms. The van der Waals surface area contributed by atoms with Gasteiger partial charge in [0.15, 0.2) is 0 Å². The van der Waals surface area contributed by atoms with E-state index in [1.807, 2.05) is 0 Å². The van der Waals surface area contributed by atoms with Crippen LogP contribution >= 0.6 is 15.9 Å². The number of nitrogens with zero attached hydrogens (tertiary/aromatic N) is 1. The number of nitrogens with two attached hydrogens (primary N) is 1. The van der Waals surface area contributed by atoms with Gasteiger partial charge in [-0.3, -0.25) is 4.90 Å². The van der Waals surface area contributed by atoms with E-state index in [1.54, 1.807) is 0 Å². The summed E-state index contributed by atoms with van der Waals surface area (Å²) in [4.78, 5) is 2.48. The van der Waals surface area contributed by atoms with Gasteiger partial charge in [-0.25, -0.2) is 0 Å². The van der Waals surface area contributed by atoms with E-state index in [4.69, 9.17) is 10.5 Å². The van der Waals surface area contributed by atoms with Crippen molar-refractivity contribution >= 4 is 15.9 Å². The maximum atomic E-state index is 6.03. The lowest BCUT2D eigenvalue weighted by atomic mass is 10.0. The Balaban J connectivity index is 2.03. The molecule has 0 amide bonds. The fraction of sp³-hybridized carbons (Fsp3) is 0.625. The molecule has 1 heterocycles. The van der Waals surface area contributed by atoms with Crippen LogP contribution < -0.4 is 5.73 Å². The first kappa shape index (κ1) is 16.0. The maximum Gasteiger partial charge on any atom is 0.0702 e. The van der Waals surface area contributed by atoms with E-state index in [9.17, 15) is 0 Å². The lowest BCUT2D eigenvalue weighted by molar-refractivity contribution is -0.0118. The van der Waals surface area contributed by atoms with Gasteiger partial charge in [0.1, 0.15) is 0 Å². The van der Waals surface area contributed by atoms with Crippen molar-refractivity contribution in [3.8, 4) is 0 Å². The lowest BCUT2D eigenvalue weighted by Gasteiger charge is -2.38. The normalized spacial score (nSPS) is 21.9. The molecule has 1 saturated heterocycles. The Morgan fingerprint density at radius 1 is 1.50 bits per heavy atom. The zero-order valence-corrected chi connectivity index (χ0v) is 13.8. The summed E-state index contributed by atoms with van der Waals surface area (Å²) < 4.78 is 7.04. The van der Waals surface area contributed by atoms with Gasteiger partial charge >= 0.3 is 0 Å². The Morgan fingerprint density at radius 3 is 3.05 bits per heavy atom. The summed E-state index contributed by atoms with van der Waals surface area (Å²) in [5.74, 6) is 0. The summed E-state index contributed by atoms with van der Waals surface area (Å²) in [6.07, 6.45) is 3.82. The van der Waals surface area contributed by atoms with Crippen molar-refractivity contribution in [1.82, 2.24) is 4.90 Å².